The molecule has 15 nitrogen and oxygen atoms in total. The van der Waals surface area contributed by atoms with Crippen molar-refractivity contribution >= 4 is 46.4 Å². The van der Waals surface area contributed by atoms with Crippen LogP contribution in [0.2, 0.25) is 0 Å². The highest BCUT2D eigenvalue weighted by Crippen LogP contribution is 2.48. The molecule has 262 valence electrons. The summed E-state index contributed by atoms with van der Waals surface area (Å²) in [6, 6.07) is 3.32. The van der Waals surface area contributed by atoms with Crippen LogP contribution < -0.4 is 20.1 Å². The second kappa shape index (κ2) is 15.4. The highest BCUT2D eigenvalue weighted by Gasteiger charge is 2.49. The fraction of sp³-hybridized carbons (Fsp3) is 0.576. The van der Waals surface area contributed by atoms with Crippen LogP contribution in [-0.2, 0) is 19.1 Å². The van der Waals surface area contributed by atoms with E-state index in [0.717, 1.165) is 0 Å². The van der Waals surface area contributed by atoms with Gasteiger partial charge in [0, 0.05) is 51.4 Å². The summed E-state index contributed by atoms with van der Waals surface area (Å²) in [5.74, 6) is -4.85. The summed E-state index contributed by atoms with van der Waals surface area (Å²) < 4.78 is 17.6. The number of benzene rings is 1. The van der Waals surface area contributed by atoms with Gasteiger partial charge in [0.25, 0.3) is 0 Å². The Morgan fingerprint density at radius 1 is 0.958 bits per heavy atom. The van der Waals surface area contributed by atoms with E-state index in [1.165, 1.54) is 9.80 Å². The Morgan fingerprint density at radius 3 is 2.10 bits per heavy atom. The number of aliphatic carboxylic acids is 2. The molecule has 1 unspecified atom stereocenters. The SMILES string of the molecule is CCOC(=O)N1CCN(C(=O)C(CCC(=O)O)c2nc3cc(N(CC)CC)cc(C(N)=O)c3c(OC3(C(=O)O)CCC3)c2OCC)CC1. The Balaban J connectivity index is 1.96. The number of anilines is 1. The Morgan fingerprint density at radius 2 is 1.60 bits per heavy atom. The number of carboxylic acid groups (broad SMARTS) is 2. The van der Waals surface area contributed by atoms with Crippen molar-refractivity contribution in [3.05, 3.63) is 23.4 Å². The van der Waals surface area contributed by atoms with E-state index < -0.39 is 41.4 Å². The van der Waals surface area contributed by atoms with Gasteiger partial charge in [-0.05, 0) is 65.5 Å². The molecule has 48 heavy (non-hydrogen) atoms. The maximum atomic E-state index is 14.3. The van der Waals surface area contributed by atoms with Crippen LogP contribution in [0.5, 0.6) is 11.5 Å². The summed E-state index contributed by atoms with van der Waals surface area (Å²) in [4.78, 5) is 73.9. The molecule has 3 amide bonds. The van der Waals surface area contributed by atoms with Crippen molar-refractivity contribution in [1.82, 2.24) is 14.8 Å². The zero-order valence-corrected chi connectivity index (χ0v) is 28.0. The number of hydrogen-bond acceptors (Lipinski definition) is 10. The maximum absolute atomic E-state index is 14.3. The van der Waals surface area contributed by atoms with Crippen LogP contribution in [0.1, 0.15) is 81.8 Å². The van der Waals surface area contributed by atoms with Gasteiger partial charge in [-0.15, -0.1) is 0 Å². The third kappa shape index (κ3) is 7.34. The fourth-order valence-corrected chi connectivity index (χ4v) is 6.17. The van der Waals surface area contributed by atoms with Crippen LogP contribution in [0.15, 0.2) is 12.1 Å². The van der Waals surface area contributed by atoms with E-state index in [0.29, 0.717) is 25.2 Å². The molecule has 1 saturated carbocycles. The lowest BCUT2D eigenvalue weighted by molar-refractivity contribution is -0.163. The highest BCUT2D eigenvalue weighted by atomic mass is 16.6. The minimum atomic E-state index is -1.62. The first-order valence-electron chi connectivity index (χ1n) is 16.4. The Labute approximate surface area is 278 Å². The van der Waals surface area contributed by atoms with Gasteiger partial charge in [0.1, 0.15) is 0 Å². The van der Waals surface area contributed by atoms with Gasteiger partial charge < -0.3 is 44.9 Å². The molecule has 1 aromatic carbocycles. The Kier molecular flexibility index (Phi) is 11.5. The van der Waals surface area contributed by atoms with Crippen molar-refractivity contribution < 1.29 is 48.4 Å². The summed E-state index contributed by atoms with van der Waals surface area (Å²) >= 11 is 0. The highest BCUT2D eigenvalue weighted by molar-refractivity contribution is 6.10. The number of primary amides is 1. The number of carboxylic acids is 2. The van der Waals surface area contributed by atoms with Crippen molar-refractivity contribution in [2.75, 3.05) is 57.4 Å². The predicted molar refractivity (Wildman–Crippen MR) is 175 cm³/mol. The lowest BCUT2D eigenvalue weighted by Gasteiger charge is -2.39. The quantitative estimate of drug-likeness (QED) is 0.250. The molecular weight excluding hydrogens is 626 g/mol. The van der Waals surface area contributed by atoms with E-state index in [2.05, 4.69) is 0 Å². The van der Waals surface area contributed by atoms with Crippen molar-refractivity contribution in [3.8, 4) is 11.5 Å². The van der Waals surface area contributed by atoms with Gasteiger partial charge in [-0.3, -0.25) is 14.4 Å². The average Bonchev–Trinajstić information content (AvgIpc) is 3.03. The molecule has 4 rings (SSSR count). The van der Waals surface area contributed by atoms with Crippen molar-refractivity contribution in [3.63, 3.8) is 0 Å². The van der Waals surface area contributed by atoms with Crippen molar-refractivity contribution in [2.45, 2.75) is 71.3 Å². The molecule has 2 fully saturated rings. The minimum Gasteiger partial charge on any atom is -0.488 e. The van der Waals surface area contributed by atoms with E-state index in [-0.39, 0.29) is 98.7 Å². The maximum Gasteiger partial charge on any atom is 0.409 e. The summed E-state index contributed by atoms with van der Waals surface area (Å²) in [6.45, 7) is 9.49. The first-order chi connectivity index (χ1) is 22.9. The average molecular weight is 672 g/mol. The number of rotatable bonds is 15. The minimum absolute atomic E-state index is 0.0350. The number of ether oxygens (including phenoxy) is 3. The molecule has 1 aliphatic carbocycles. The van der Waals surface area contributed by atoms with Crippen LogP contribution in [0, 0.1) is 0 Å². The molecule has 0 radical (unpaired) electrons. The van der Waals surface area contributed by atoms with Gasteiger partial charge in [-0.2, -0.15) is 0 Å². The van der Waals surface area contributed by atoms with E-state index >= 15 is 0 Å². The van der Waals surface area contributed by atoms with E-state index in [1.54, 1.807) is 26.0 Å². The lowest BCUT2D eigenvalue weighted by atomic mass is 9.80. The van der Waals surface area contributed by atoms with Crippen LogP contribution >= 0.6 is 0 Å². The first-order valence-corrected chi connectivity index (χ1v) is 16.4. The molecular formula is C33H45N5O10. The molecule has 1 aliphatic heterocycles. The first kappa shape index (κ1) is 36.0. The number of carbonyl (C=O) groups excluding carboxylic acids is 3. The number of fused-ring (bicyclic) bond motifs is 1. The van der Waals surface area contributed by atoms with Crippen LogP contribution in [-0.4, -0.2) is 113 Å². The molecule has 1 atom stereocenters. The zero-order valence-electron chi connectivity index (χ0n) is 28.0. The Bertz CT molecular complexity index is 1550. The molecule has 2 heterocycles. The summed E-state index contributed by atoms with van der Waals surface area (Å²) in [5, 5.41) is 20.0. The molecule has 1 aromatic heterocycles. The standard InChI is InChI=1S/C33H45N5O10/c1-5-36(6-2)20-18-22(29(34)41)25-23(19-20)35-26(28(46-7-3)27(25)48-33(31(43)44)12-9-13-33)21(10-11-24(39)40)30(42)37-14-16-38(17-15-37)32(45)47-8-4/h18-19,21H,5-17H2,1-4H3,(H2,34,41)(H,39,40)(H,43,44). The van der Waals surface area contributed by atoms with E-state index in [4.69, 9.17) is 24.9 Å². The van der Waals surface area contributed by atoms with E-state index in [1.807, 2.05) is 18.7 Å². The normalized spacial score (nSPS) is 16.1. The number of amides is 3. The second-order valence-electron chi connectivity index (χ2n) is 11.8. The van der Waals surface area contributed by atoms with Gasteiger partial charge in [-0.1, -0.05) is 0 Å². The van der Waals surface area contributed by atoms with Gasteiger partial charge >= 0.3 is 18.0 Å². The number of carbonyl (C=O) groups is 5. The molecule has 15 heteroatoms. The third-order valence-electron chi connectivity index (χ3n) is 8.93. The largest absolute Gasteiger partial charge is 0.488 e. The molecule has 2 aromatic rings. The van der Waals surface area contributed by atoms with Crippen LogP contribution in [0.25, 0.3) is 10.9 Å². The topological polar surface area (TPSA) is 202 Å². The molecule has 0 spiro atoms. The lowest BCUT2D eigenvalue weighted by Crippen LogP contribution is -2.52. The van der Waals surface area contributed by atoms with Crippen molar-refractivity contribution in [2.24, 2.45) is 5.73 Å². The zero-order chi connectivity index (χ0) is 35.2. The fourth-order valence-electron chi connectivity index (χ4n) is 6.17. The third-order valence-corrected chi connectivity index (χ3v) is 8.93. The molecule has 2 aliphatic rings. The molecule has 1 saturated heterocycles. The number of nitrogens with zero attached hydrogens (tertiary/aromatic N) is 4. The number of nitrogens with two attached hydrogens (primary N) is 1. The summed E-state index contributed by atoms with van der Waals surface area (Å²) in [6.07, 6.45) is -0.0384. The molecule has 4 N–H and O–H groups in total. The number of hydrogen-bond donors (Lipinski definition) is 3. The monoisotopic (exact) mass is 671 g/mol. The van der Waals surface area contributed by atoms with Gasteiger partial charge in [0.2, 0.25) is 17.4 Å². The van der Waals surface area contributed by atoms with Crippen LogP contribution in [0.3, 0.4) is 0 Å². The van der Waals surface area contributed by atoms with Gasteiger partial charge in [0.05, 0.1) is 41.3 Å². The van der Waals surface area contributed by atoms with Gasteiger partial charge in [0.15, 0.2) is 11.5 Å². The number of aromatic nitrogens is 1. The Hall–Kier alpha value is -4.82. The van der Waals surface area contributed by atoms with Crippen LogP contribution in [0.4, 0.5) is 10.5 Å². The van der Waals surface area contributed by atoms with E-state index in [9.17, 15) is 34.2 Å². The smallest absolute Gasteiger partial charge is 0.409 e. The molecule has 0 bridgehead atoms. The summed E-state index contributed by atoms with van der Waals surface area (Å²) in [7, 11) is 0. The number of pyridine rings is 1. The summed E-state index contributed by atoms with van der Waals surface area (Å²) in [5.41, 5.74) is 5.22. The van der Waals surface area contributed by atoms with Crippen molar-refractivity contribution in [1.29, 1.82) is 0 Å². The van der Waals surface area contributed by atoms with Gasteiger partial charge in [-0.25, -0.2) is 14.6 Å². The second-order valence-corrected chi connectivity index (χ2v) is 11.8. The predicted octanol–water partition coefficient (Wildman–Crippen LogP) is 3.21. The number of piperazine rings is 1.